The maximum atomic E-state index is 12.4. The number of halogens is 2. The summed E-state index contributed by atoms with van der Waals surface area (Å²) in [6.45, 7) is 3.06. The molecule has 0 aliphatic heterocycles. The van der Waals surface area contributed by atoms with Crippen LogP contribution >= 0.6 is 11.3 Å². The van der Waals surface area contributed by atoms with Gasteiger partial charge in [-0.3, -0.25) is 10.1 Å². The number of carbonyl (C=O) groups excluding carboxylic acids is 1. The number of ether oxygens (including phenoxy) is 1. The van der Waals surface area contributed by atoms with Crippen molar-refractivity contribution in [3.8, 4) is 5.75 Å². The molecule has 1 heterocycles. The van der Waals surface area contributed by atoms with E-state index >= 15 is 0 Å². The number of amides is 1. The number of hydrogen-bond acceptors (Lipinski definition) is 4. The van der Waals surface area contributed by atoms with Gasteiger partial charge in [0, 0.05) is 10.8 Å². The Labute approximate surface area is 131 Å². The minimum Gasteiger partial charge on any atom is -0.434 e. The van der Waals surface area contributed by atoms with Gasteiger partial charge in [-0.25, -0.2) is 4.98 Å². The summed E-state index contributed by atoms with van der Waals surface area (Å²) in [5.74, 6) is -0.700. The van der Waals surface area contributed by atoms with E-state index in [1.54, 1.807) is 6.07 Å². The number of nitrogens with zero attached hydrogens (tertiary/aromatic N) is 1. The van der Waals surface area contributed by atoms with Gasteiger partial charge in [-0.15, -0.1) is 11.3 Å². The van der Waals surface area contributed by atoms with E-state index in [9.17, 15) is 13.6 Å². The van der Waals surface area contributed by atoms with Crippen LogP contribution in [0.2, 0.25) is 0 Å². The lowest BCUT2D eigenvalue weighted by Gasteiger charge is -2.14. The molecule has 0 aliphatic carbocycles. The van der Waals surface area contributed by atoms with E-state index in [0.717, 1.165) is 5.69 Å². The predicted octanol–water partition coefficient (Wildman–Crippen LogP) is 4.29. The van der Waals surface area contributed by atoms with Gasteiger partial charge in [-0.1, -0.05) is 32.9 Å². The molecular formula is C15H16F2N2O2S. The van der Waals surface area contributed by atoms with Gasteiger partial charge >= 0.3 is 6.61 Å². The molecule has 22 heavy (non-hydrogen) atoms. The Hall–Kier alpha value is -2.02. The molecule has 118 valence electrons. The van der Waals surface area contributed by atoms with E-state index in [-0.39, 0.29) is 16.7 Å². The number of aromatic nitrogens is 1. The largest absolute Gasteiger partial charge is 0.434 e. The fourth-order valence-electron chi connectivity index (χ4n) is 1.69. The van der Waals surface area contributed by atoms with Crippen molar-refractivity contribution in [3.63, 3.8) is 0 Å². The van der Waals surface area contributed by atoms with Crippen molar-refractivity contribution in [3.05, 3.63) is 40.9 Å². The molecule has 2 aromatic rings. The third-order valence-corrected chi connectivity index (χ3v) is 3.60. The van der Waals surface area contributed by atoms with Crippen LogP contribution in [0, 0.1) is 0 Å². The highest BCUT2D eigenvalue weighted by atomic mass is 32.1. The molecule has 0 unspecified atom stereocenters. The normalized spacial score (nSPS) is 11.5. The molecule has 0 spiro atoms. The molecule has 0 aliphatic rings. The lowest BCUT2D eigenvalue weighted by Crippen LogP contribution is -2.16. The van der Waals surface area contributed by atoms with Crippen LogP contribution in [0.3, 0.4) is 0 Å². The zero-order valence-electron chi connectivity index (χ0n) is 12.4. The summed E-state index contributed by atoms with van der Waals surface area (Å²) in [5.41, 5.74) is 0.760. The molecule has 0 saturated carbocycles. The highest BCUT2D eigenvalue weighted by molar-refractivity contribution is 7.14. The van der Waals surface area contributed by atoms with Gasteiger partial charge in [0.2, 0.25) is 0 Å². The highest BCUT2D eigenvalue weighted by Crippen LogP contribution is 2.27. The lowest BCUT2D eigenvalue weighted by molar-refractivity contribution is -0.0501. The van der Waals surface area contributed by atoms with E-state index in [4.69, 9.17) is 0 Å². The Bertz CT molecular complexity index is 666. The fourth-order valence-corrected chi connectivity index (χ4v) is 2.63. The van der Waals surface area contributed by atoms with E-state index in [1.165, 1.54) is 29.5 Å². The van der Waals surface area contributed by atoms with Crippen LogP contribution < -0.4 is 10.1 Å². The van der Waals surface area contributed by atoms with E-state index in [1.807, 2.05) is 26.2 Å². The molecule has 0 atom stereocenters. The number of rotatable bonds is 4. The number of para-hydroxylation sites is 1. The van der Waals surface area contributed by atoms with Gasteiger partial charge in [-0.2, -0.15) is 8.78 Å². The minimum atomic E-state index is -2.98. The Morgan fingerprint density at radius 2 is 2.00 bits per heavy atom. The summed E-state index contributed by atoms with van der Waals surface area (Å²) < 4.78 is 29.1. The van der Waals surface area contributed by atoms with Gasteiger partial charge in [0.25, 0.3) is 5.91 Å². The maximum Gasteiger partial charge on any atom is 0.387 e. The van der Waals surface area contributed by atoms with E-state index < -0.39 is 12.5 Å². The van der Waals surface area contributed by atoms with Crippen molar-refractivity contribution >= 4 is 22.4 Å². The Morgan fingerprint density at radius 3 is 2.59 bits per heavy atom. The van der Waals surface area contributed by atoms with Crippen LogP contribution in [-0.4, -0.2) is 17.5 Å². The quantitative estimate of drug-likeness (QED) is 0.911. The first-order valence-corrected chi connectivity index (χ1v) is 7.46. The summed E-state index contributed by atoms with van der Waals surface area (Å²) in [6, 6.07) is 5.85. The second kappa shape index (κ2) is 6.39. The van der Waals surface area contributed by atoms with Gasteiger partial charge in [0.1, 0.15) is 5.75 Å². The van der Waals surface area contributed by atoms with Crippen LogP contribution in [0.4, 0.5) is 13.9 Å². The molecule has 0 radical (unpaired) electrons. The fraction of sp³-hybridized carbons (Fsp3) is 0.333. The second-order valence-corrected chi connectivity index (χ2v) is 6.47. The van der Waals surface area contributed by atoms with Crippen molar-refractivity contribution in [2.75, 3.05) is 5.32 Å². The summed E-state index contributed by atoms with van der Waals surface area (Å²) >= 11 is 1.29. The van der Waals surface area contributed by atoms with Gasteiger partial charge in [-0.05, 0) is 12.1 Å². The summed E-state index contributed by atoms with van der Waals surface area (Å²) in [6.07, 6.45) is 0. The molecule has 1 aromatic carbocycles. The monoisotopic (exact) mass is 326 g/mol. The molecule has 0 saturated heterocycles. The van der Waals surface area contributed by atoms with Crippen molar-refractivity contribution in [1.29, 1.82) is 0 Å². The topological polar surface area (TPSA) is 51.2 Å². The minimum absolute atomic E-state index is 0.0373. The van der Waals surface area contributed by atoms with Gasteiger partial charge < -0.3 is 4.74 Å². The molecule has 1 aromatic heterocycles. The standard InChI is InChI=1S/C15H16F2N2O2S/c1-15(2,3)11-8-22-14(18-11)19-12(20)9-6-4-5-7-10(9)21-13(16)17/h4-8,13H,1-3H3,(H,18,19,20). The van der Waals surface area contributed by atoms with Crippen LogP contribution in [0.5, 0.6) is 5.75 Å². The van der Waals surface area contributed by atoms with Crippen molar-refractivity contribution in [1.82, 2.24) is 4.98 Å². The molecule has 2 rings (SSSR count). The number of benzene rings is 1. The number of thiazole rings is 1. The van der Waals surface area contributed by atoms with Crippen molar-refractivity contribution in [2.24, 2.45) is 0 Å². The number of hydrogen-bond donors (Lipinski definition) is 1. The highest BCUT2D eigenvalue weighted by Gasteiger charge is 2.20. The van der Waals surface area contributed by atoms with Crippen LogP contribution in [-0.2, 0) is 5.41 Å². The average molecular weight is 326 g/mol. The smallest absolute Gasteiger partial charge is 0.387 e. The summed E-state index contributed by atoms with van der Waals surface area (Å²) in [4.78, 5) is 16.5. The van der Waals surface area contributed by atoms with Gasteiger partial charge in [0.15, 0.2) is 5.13 Å². The Morgan fingerprint density at radius 1 is 1.32 bits per heavy atom. The number of alkyl halides is 2. The maximum absolute atomic E-state index is 12.4. The zero-order chi connectivity index (χ0) is 16.3. The van der Waals surface area contributed by atoms with Gasteiger partial charge in [0.05, 0.1) is 11.3 Å². The summed E-state index contributed by atoms with van der Waals surface area (Å²) in [7, 11) is 0. The average Bonchev–Trinajstić information content (AvgIpc) is 2.87. The van der Waals surface area contributed by atoms with Crippen LogP contribution in [0.25, 0.3) is 0 Å². The van der Waals surface area contributed by atoms with Crippen molar-refractivity contribution < 1.29 is 18.3 Å². The third kappa shape index (κ3) is 4.00. The number of carbonyl (C=O) groups is 1. The third-order valence-electron chi connectivity index (χ3n) is 2.84. The van der Waals surface area contributed by atoms with E-state index in [0.29, 0.717) is 5.13 Å². The predicted molar refractivity (Wildman–Crippen MR) is 81.8 cm³/mol. The molecule has 4 nitrogen and oxygen atoms in total. The molecule has 0 bridgehead atoms. The summed E-state index contributed by atoms with van der Waals surface area (Å²) in [5, 5.41) is 4.88. The molecule has 7 heteroatoms. The second-order valence-electron chi connectivity index (χ2n) is 5.62. The molecule has 0 fully saturated rings. The molecule has 1 N–H and O–H groups in total. The zero-order valence-corrected chi connectivity index (χ0v) is 13.2. The van der Waals surface area contributed by atoms with Crippen molar-refractivity contribution in [2.45, 2.75) is 32.8 Å². The first-order chi connectivity index (χ1) is 10.3. The Kier molecular flexibility index (Phi) is 4.75. The SMILES string of the molecule is CC(C)(C)c1csc(NC(=O)c2ccccc2OC(F)F)n1. The number of nitrogens with one attached hydrogen (secondary N) is 1. The van der Waals surface area contributed by atoms with E-state index in [2.05, 4.69) is 15.0 Å². The molecule has 1 amide bonds. The molecular weight excluding hydrogens is 310 g/mol. The Balaban J connectivity index is 2.18. The lowest BCUT2D eigenvalue weighted by atomic mass is 9.93. The van der Waals surface area contributed by atoms with Crippen LogP contribution in [0.1, 0.15) is 36.8 Å². The first-order valence-electron chi connectivity index (χ1n) is 6.58. The first kappa shape index (κ1) is 16.4. The number of anilines is 1. The van der Waals surface area contributed by atoms with Crippen LogP contribution in [0.15, 0.2) is 29.6 Å².